The lowest BCUT2D eigenvalue weighted by Gasteiger charge is -2.23. The van der Waals surface area contributed by atoms with Crippen LogP contribution in [0.2, 0.25) is 0 Å². The number of benzene rings is 2. The molecule has 0 spiro atoms. The Bertz CT molecular complexity index is 1090. The van der Waals surface area contributed by atoms with E-state index in [1.54, 1.807) is 25.1 Å². The van der Waals surface area contributed by atoms with Gasteiger partial charge < -0.3 is 30.7 Å². The maximum atomic E-state index is 13.0. The summed E-state index contributed by atoms with van der Waals surface area (Å²) in [6.07, 6.45) is 0.567. The molecule has 0 fully saturated rings. The van der Waals surface area contributed by atoms with Crippen molar-refractivity contribution in [1.29, 1.82) is 0 Å². The van der Waals surface area contributed by atoms with E-state index in [4.69, 9.17) is 9.47 Å². The minimum atomic E-state index is -1.04. The van der Waals surface area contributed by atoms with E-state index < -0.39 is 35.7 Å². The second-order valence-electron chi connectivity index (χ2n) is 9.19. The SMILES string of the molecule is CCC(NC(=O)[C@H](CC(C)C)NC(=O)NCc1ccccc1)C(=O)C(=O)NCc1ccc(OC)cc1OC. The molecule has 0 aromatic heterocycles. The highest BCUT2D eigenvalue weighted by Gasteiger charge is 2.29. The Labute approximate surface area is 223 Å². The van der Waals surface area contributed by atoms with Crippen molar-refractivity contribution in [2.45, 2.75) is 58.8 Å². The Morgan fingerprint density at radius 1 is 0.842 bits per heavy atom. The van der Waals surface area contributed by atoms with Gasteiger partial charge in [0, 0.05) is 24.7 Å². The fraction of sp³-hybridized carbons (Fsp3) is 0.429. The number of Topliss-reactive ketones (excluding diaryl/α,β-unsaturated/α-hetero) is 1. The lowest BCUT2D eigenvalue weighted by Crippen LogP contribution is -2.55. The van der Waals surface area contributed by atoms with Crippen molar-refractivity contribution in [1.82, 2.24) is 21.3 Å². The number of carbonyl (C=O) groups is 4. The van der Waals surface area contributed by atoms with Gasteiger partial charge in [-0.2, -0.15) is 0 Å². The van der Waals surface area contributed by atoms with Crippen LogP contribution in [0.5, 0.6) is 11.5 Å². The topological polar surface area (TPSA) is 135 Å². The van der Waals surface area contributed by atoms with Crippen LogP contribution in [-0.2, 0) is 27.5 Å². The Morgan fingerprint density at radius 2 is 1.55 bits per heavy atom. The highest BCUT2D eigenvalue weighted by molar-refractivity contribution is 6.38. The first kappa shape index (κ1) is 30.1. The lowest BCUT2D eigenvalue weighted by atomic mass is 10.0. The average molecular weight is 527 g/mol. The molecule has 0 aliphatic rings. The van der Waals surface area contributed by atoms with Crippen LogP contribution < -0.4 is 30.7 Å². The Kier molecular flexibility index (Phi) is 12.1. The number of hydrogen-bond acceptors (Lipinski definition) is 6. The van der Waals surface area contributed by atoms with Gasteiger partial charge in [-0.25, -0.2) is 4.79 Å². The molecular formula is C28H38N4O6. The van der Waals surface area contributed by atoms with Crippen LogP contribution in [-0.4, -0.2) is 49.9 Å². The molecule has 0 heterocycles. The first-order chi connectivity index (χ1) is 18.2. The van der Waals surface area contributed by atoms with E-state index in [-0.39, 0.29) is 18.9 Å². The van der Waals surface area contributed by atoms with Crippen molar-refractivity contribution in [2.24, 2.45) is 5.92 Å². The highest BCUT2D eigenvalue weighted by atomic mass is 16.5. The molecule has 0 aliphatic heterocycles. The lowest BCUT2D eigenvalue weighted by molar-refractivity contribution is -0.140. The van der Waals surface area contributed by atoms with Crippen molar-refractivity contribution in [3.8, 4) is 11.5 Å². The van der Waals surface area contributed by atoms with Crippen molar-refractivity contribution in [2.75, 3.05) is 14.2 Å². The van der Waals surface area contributed by atoms with Gasteiger partial charge in [-0.15, -0.1) is 0 Å². The maximum Gasteiger partial charge on any atom is 0.315 e. The first-order valence-electron chi connectivity index (χ1n) is 12.6. The number of ketones is 1. The number of nitrogens with one attached hydrogen (secondary N) is 4. The minimum absolute atomic E-state index is 0.0568. The van der Waals surface area contributed by atoms with E-state index in [2.05, 4.69) is 21.3 Å². The zero-order valence-corrected chi connectivity index (χ0v) is 22.6. The summed E-state index contributed by atoms with van der Waals surface area (Å²) in [5.74, 6) is -0.933. The second-order valence-corrected chi connectivity index (χ2v) is 9.19. The van der Waals surface area contributed by atoms with Gasteiger partial charge in [0.1, 0.15) is 17.5 Å². The van der Waals surface area contributed by atoms with E-state index in [1.165, 1.54) is 14.2 Å². The number of amides is 4. The molecule has 4 amide bonds. The largest absolute Gasteiger partial charge is 0.497 e. The maximum absolute atomic E-state index is 13.0. The molecule has 10 heteroatoms. The van der Waals surface area contributed by atoms with Gasteiger partial charge in [-0.3, -0.25) is 14.4 Å². The number of carbonyl (C=O) groups excluding carboxylic acids is 4. The molecule has 0 saturated heterocycles. The molecule has 2 aromatic carbocycles. The highest BCUT2D eigenvalue weighted by Crippen LogP contribution is 2.24. The monoisotopic (exact) mass is 526 g/mol. The normalized spacial score (nSPS) is 12.2. The summed E-state index contributed by atoms with van der Waals surface area (Å²) >= 11 is 0. The van der Waals surface area contributed by atoms with Crippen LogP contribution in [0.25, 0.3) is 0 Å². The first-order valence-corrected chi connectivity index (χ1v) is 12.6. The Balaban J connectivity index is 1.97. The molecule has 2 rings (SSSR count). The Hall–Kier alpha value is -4.08. The van der Waals surface area contributed by atoms with E-state index in [1.807, 2.05) is 44.2 Å². The number of ether oxygens (including phenoxy) is 2. The third-order valence-electron chi connectivity index (χ3n) is 5.82. The number of urea groups is 1. The number of rotatable bonds is 14. The molecule has 10 nitrogen and oxygen atoms in total. The van der Waals surface area contributed by atoms with Gasteiger partial charge in [-0.1, -0.05) is 51.1 Å². The molecule has 0 saturated carbocycles. The number of hydrogen-bond donors (Lipinski definition) is 4. The molecule has 38 heavy (non-hydrogen) atoms. The molecule has 2 atom stereocenters. The summed E-state index contributed by atoms with van der Waals surface area (Å²) in [5, 5.41) is 10.6. The third-order valence-corrected chi connectivity index (χ3v) is 5.82. The zero-order chi connectivity index (χ0) is 28.1. The Morgan fingerprint density at radius 3 is 2.16 bits per heavy atom. The molecule has 206 valence electrons. The van der Waals surface area contributed by atoms with Crippen molar-refractivity contribution in [3.63, 3.8) is 0 Å². The fourth-order valence-electron chi connectivity index (χ4n) is 3.73. The summed E-state index contributed by atoms with van der Waals surface area (Å²) < 4.78 is 10.5. The molecule has 1 unspecified atom stereocenters. The standard InChI is InChI=1S/C28H38N4O6/c1-6-22(25(33)27(35)29-17-20-12-13-21(37-4)15-24(20)38-5)31-26(34)23(14-18(2)3)32-28(36)30-16-19-10-8-7-9-11-19/h7-13,15,18,22-23H,6,14,16-17H2,1-5H3,(H,29,35)(H,31,34)(H2,30,32,36)/t22?,23-/m0/s1. The quantitative estimate of drug-likeness (QED) is 0.280. The van der Waals surface area contributed by atoms with Crippen LogP contribution in [0.1, 0.15) is 44.7 Å². The average Bonchev–Trinajstić information content (AvgIpc) is 2.92. The molecular weight excluding hydrogens is 488 g/mol. The predicted octanol–water partition coefficient (Wildman–Crippen LogP) is 2.70. The zero-order valence-electron chi connectivity index (χ0n) is 22.6. The number of methoxy groups -OCH3 is 2. The predicted molar refractivity (Wildman–Crippen MR) is 144 cm³/mol. The van der Waals surface area contributed by atoms with Crippen LogP contribution >= 0.6 is 0 Å². The second kappa shape index (κ2) is 15.2. The molecule has 0 bridgehead atoms. The fourth-order valence-corrected chi connectivity index (χ4v) is 3.73. The molecule has 0 aliphatic carbocycles. The third kappa shape index (κ3) is 9.42. The smallest absolute Gasteiger partial charge is 0.315 e. The van der Waals surface area contributed by atoms with Gasteiger partial charge >= 0.3 is 6.03 Å². The minimum Gasteiger partial charge on any atom is -0.497 e. The van der Waals surface area contributed by atoms with Crippen molar-refractivity contribution < 1.29 is 28.7 Å². The van der Waals surface area contributed by atoms with E-state index in [0.717, 1.165) is 5.56 Å². The van der Waals surface area contributed by atoms with Crippen LogP contribution in [0.3, 0.4) is 0 Å². The summed E-state index contributed by atoms with van der Waals surface area (Å²) in [4.78, 5) is 51.0. The van der Waals surface area contributed by atoms with Gasteiger partial charge in [0.2, 0.25) is 11.7 Å². The van der Waals surface area contributed by atoms with Crippen LogP contribution in [0.15, 0.2) is 48.5 Å². The van der Waals surface area contributed by atoms with Crippen LogP contribution in [0.4, 0.5) is 4.79 Å². The van der Waals surface area contributed by atoms with E-state index >= 15 is 0 Å². The summed E-state index contributed by atoms with van der Waals surface area (Å²) in [5.41, 5.74) is 1.58. The summed E-state index contributed by atoms with van der Waals surface area (Å²) in [7, 11) is 3.03. The van der Waals surface area contributed by atoms with E-state index in [0.29, 0.717) is 30.0 Å². The van der Waals surface area contributed by atoms with Crippen molar-refractivity contribution >= 4 is 23.6 Å². The van der Waals surface area contributed by atoms with E-state index in [9.17, 15) is 19.2 Å². The van der Waals surface area contributed by atoms with Crippen LogP contribution in [0, 0.1) is 5.92 Å². The summed E-state index contributed by atoms with van der Waals surface area (Å²) in [6.45, 7) is 5.90. The molecule has 0 radical (unpaired) electrons. The molecule has 4 N–H and O–H groups in total. The van der Waals surface area contributed by atoms with Gasteiger partial charge in [0.15, 0.2) is 0 Å². The van der Waals surface area contributed by atoms with Gasteiger partial charge in [0.25, 0.3) is 5.91 Å². The van der Waals surface area contributed by atoms with Crippen molar-refractivity contribution in [3.05, 3.63) is 59.7 Å². The van der Waals surface area contributed by atoms with Gasteiger partial charge in [0.05, 0.1) is 20.3 Å². The summed E-state index contributed by atoms with van der Waals surface area (Å²) in [6, 6.07) is 12.1. The molecule has 2 aromatic rings. The van der Waals surface area contributed by atoms with Gasteiger partial charge in [-0.05, 0) is 36.5 Å².